The third kappa shape index (κ3) is 10.2. The zero-order valence-electron chi connectivity index (χ0n) is 26.4. The van der Waals surface area contributed by atoms with Gasteiger partial charge >= 0.3 is 0 Å². The van der Waals surface area contributed by atoms with Crippen molar-refractivity contribution in [1.29, 1.82) is 10.8 Å². The lowest BCUT2D eigenvalue weighted by molar-refractivity contribution is 0.260. The molecule has 0 heterocycles. The van der Waals surface area contributed by atoms with Crippen LogP contribution >= 0.6 is 0 Å². The molecule has 0 atom stereocenters. The third-order valence-corrected chi connectivity index (χ3v) is 8.62. The molecule has 4 aromatic rings. The normalized spacial score (nSPS) is 16.1. The molecule has 1 aliphatic carbocycles. The first kappa shape index (κ1) is 32.7. The van der Waals surface area contributed by atoms with Crippen molar-refractivity contribution in [3.63, 3.8) is 0 Å². The maximum absolute atomic E-state index is 7.51. The van der Waals surface area contributed by atoms with Crippen molar-refractivity contribution in [2.24, 2.45) is 23.3 Å². The zero-order valence-corrected chi connectivity index (χ0v) is 26.4. The highest BCUT2D eigenvalue weighted by Gasteiger charge is 2.20. The fourth-order valence-electron chi connectivity index (χ4n) is 5.93. The lowest BCUT2D eigenvalue weighted by Crippen LogP contribution is -2.30. The molecule has 46 heavy (non-hydrogen) atoms. The van der Waals surface area contributed by atoms with E-state index in [1.54, 1.807) is 24.3 Å². The molecule has 8 N–H and O–H groups in total. The smallest absolute Gasteiger partial charge is 0.122 e. The van der Waals surface area contributed by atoms with Gasteiger partial charge in [-0.1, -0.05) is 48.5 Å². The van der Waals surface area contributed by atoms with Crippen LogP contribution in [0.2, 0.25) is 0 Å². The van der Waals surface area contributed by atoms with Crippen LogP contribution in [-0.4, -0.2) is 24.8 Å². The molecule has 0 amide bonds. The van der Waals surface area contributed by atoms with E-state index in [-0.39, 0.29) is 11.7 Å². The summed E-state index contributed by atoms with van der Waals surface area (Å²) in [5.74, 6) is 3.12. The largest absolute Gasteiger partial charge is 0.489 e. The quantitative estimate of drug-likeness (QED) is 0.0662. The second-order valence-corrected chi connectivity index (χ2v) is 12.2. The average Bonchev–Trinajstić information content (AvgIpc) is 3.08. The van der Waals surface area contributed by atoms with Gasteiger partial charge in [-0.05, 0) is 121 Å². The Kier molecular flexibility index (Phi) is 11.8. The summed E-state index contributed by atoms with van der Waals surface area (Å²) in [7, 11) is 0. The molecule has 8 heteroatoms. The van der Waals surface area contributed by atoms with Crippen molar-refractivity contribution in [3.8, 4) is 11.5 Å². The van der Waals surface area contributed by atoms with E-state index in [1.807, 2.05) is 24.3 Å². The van der Waals surface area contributed by atoms with Crippen LogP contribution in [0.4, 0.5) is 0 Å². The average molecular weight is 619 g/mol. The number of benzene rings is 4. The van der Waals surface area contributed by atoms with Gasteiger partial charge in [-0.25, -0.2) is 0 Å². The third-order valence-electron chi connectivity index (χ3n) is 8.62. The van der Waals surface area contributed by atoms with E-state index in [9.17, 15) is 0 Å². The molecule has 4 aromatic carbocycles. The molecule has 0 radical (unpaired) electrons. The van der Waals surface area contributed by atoms with E-state index in [1.165, 1.54) is 36.8 Å². The van der Waals surface area contributed by atoms with E-state index in [0.717, 1.165) is 60.6 Å². The Bertz CT molecular complexity index is 1440. The first-order chi connectivity index (χ1) is 22.4. The first-order valence-electron chi connectivity index (χ1n) is 16.1. The van der Waals surface area contributed by atoms with Crippen LogP contribution in [-0.2, 0) is 26.3 Å². The van der Waals surface area contributed by atoms with Crippen molar-refractivity contribution >= 4 is 11.7 Å². The number of amidine groups is 2. The molecule has 0 aliphatic heterocycles. The Morgan fingerprint density at radius 3 is 1.30 bits per heavy atom. The monoisotopic (exact) mass is 618 g/mol. The Balaban J connectivity index is 0.953. The molecule has 1 aliphatic rings. The summed E-state index contributed by atoms with van der Waals surface area (Å²) in [6.45, 7) is 4.84. The second kappa shape index (κ2) is 16.6. The van der Waals surface area contributed by atoms with Crippen molar-refractivity contribution in [1.82, 2.24) is 10.6 Å². The van der Waals surface area contributed by atoms with Gasteiger partial charge in [0.05, 0.1) is 0 Å². The highest BCUT2D eigenvalue weighted by molar-refractivity contribution is 5.95. The van der Waals surface area contributed by atoms with Crippen LogP contribution in [0.1, 0.15) is 59.1 Å². The highest BCUT2D eigenvalue weighted by atomic mass is 16.5. The first-order valence-corrected chi connectivity index (χ1v) is 16.1. The van der Waals surface area contributed by atoms with E-state index >= 15 is 0 Å². The minimum Gasteiger partial charge on any atom is -0.489 e. The standard InChI is InChI=1S/C38H46N6O2/c39-37(40)33-11-15-35(16-12-33)45-25-31-5-1-3-29(19-31)23-43-21-27-7-9-28(10-8-27)22-44-24-30-4-2-6-32(20-30)26-46-36-17-13-34(14-18-36)38(41)42/h1-6,11-20,27-28,43-44H,7-10,21-26H2,(H3,39,40)(H3,41,42). The van der Waals surface area contributed by atoms with Gasteiger partial charge in [-0.15, -0.1) is 0 Å². The Morgan fingerprint density at radius 2 is 0.935 bits per heavy atom. The van der Waals surface area contributed by atoms with E-state index in [4.69, 9.17) is 31.8 Å². The number of nitrogens with one attached hydrogen (secondary N) is 4. The number of nitrogen functional groups attached to an aromatic ring is 2. The molecule has 1 fully saturated rings. The minimum atomic E-state index is 0.0604. The topological polar surface area (TPSA) is 142 Å². The fraction of sp³-hybridized carbons (Fsp3) is 0.316. The number of rotatable bonds is 16. The molecule has 0 spiro atoms. The SMILES string of the molecule is N=C(N)c1ccc(OCc2cccc(CNCC3CCC(CNCc4cccc(COc5ccc(C(=N)N)cc5)c4)CC3)c2)cc1. The molecule has 0 unspecified atom stereocenters. The summed E-state index contributed by atoms with van der Waals surface area (Å²) >= 11 is 0. The molecule has 5 rings (SSSR count). The van der Waals surface area contributed by atoms with Gasteiger partial charge in [0.1, 0.15) is 36.4 Å². The van der Waals surface area contributed by atoms with Gasteiger partial charge in [0.25, 0.3) is 0 Å². The minimum absolute atomic E-state index is 0.0604. The van der Waals surface area contributed by atoms with Gasteiger partial charge in [-0.2, -0.15) is 0 Å². The molecule has 1 saturated carbocycles. The van der Waals surface area contributed by atoms with Crippen LogP contribution in [0.25, 0.3) is 0 Å². The molecule has 240 valence electrons. The van der Waals surface area contributed by atoms with E-state index in [0.29, 0.717) is 24.3 Å². The van der Waals surface area contributed by atoms with Gasteiger partial charge in [0, 0.05) is 24.2 Å². The lowest BCUT2D eigenvalue weighted by atomic mass is 9.82. The molecular formula is C38H46N6O2. The molecule has 0 bridgehead atoms. The van der Waals surface area contributed by atoms with Gasteiger partial charge in [0.2, 0.25) is 0 Å². The lowest BCUT2D eigenvalue weighted by Gasteiger charge is -2.29. The van der Waals surface area contributed by atoms with Crippen LogP contribution in [0.3, 0.4) is 0 Å². The number of ether oxygens (including phenoxy) is 2. The van der Waals surface area contributed by atoms with Crippen LogP contribution in [0.15, 0.2) is 97.1 Å². The van der Waals surface area contributed by atoms with E-state index in [2.05, 4.69) is 59.2 Å². The Hall–Kier alpha value is -4.66. The number of nitrogens with two attached hydrogens (primary N) is 2. The predicted molar refractivity (Wildman–Crippen MR) is 185 cm³/mol. The fourth-order valence-corrected chi connectivity index (χ4v) is 5.93. The van der Waals surface area contributed by atoms with Crippen LogP contribution in [0.5, 0.6) is 11.5 Å². The summed E-state index contributed by atoms with van der Waals surface area (Å²) in [5.41, 5.74) is 17.3. The van der Waals surface area contributed by atoms with Crippen molar-refractivity contribution in [2.45, 2.75) is 52.0 Å². The van der Waals surface area contributed by atoms with Crippen LogP contribution < -0.4 is 31.6 Å². The van der Waals surface area contributed by atoms with Crippen LogP contribution in [0, 0.1) is 22.7 Å². The molecule has 8 nitrogen and oxygen atoms in total. The van der Waals surface area contributed by atoms with Crippen molar-refractivity contribution < 1.29 is 9.47 Å². The number of hydrogen-bond donors (Lipinski definition) is 6. The summed E-state index contributed by atoms with van der Waals surface area (Å²) in [6.07, 6.45) is 5.09. The van der Waals surface area contributed by atoms with E-state index < -0.39 is 0 Å². The molecule has 0 aromatic heterocycles. The maximum Gasteiger partial charge on any atom is 0.122 e. The van der Waals surface area contributed by atoms with Crippen molar-refractivity contribution in [2.75, 3.05) is 13.1 Å². The summed E-state index contributed by atoms with van der Waals surface area (Å²) in [5, 5.41) is 22.4. The number of hydrogen-bond acceptors (Lipinski definition) is 6. The molecule has 0 saturated heterocycles. The van der Waals surface area contributed by atoms with Gasteiger partial charge in [0.15, 0.2) is 0 Å². The van der Waals surface area contributed by atoms with Gasteiger partial charge in [-0.3, -0.25) is 10.8 Å². The van der Waals surface area contributed by atoms with Gasteiger partial charge < -0.3 is 31.6 Å². The Morgan fingerprint density at radius 1 is 0.565 bits per heavy atom. The summed E-state index contributed by atoms with van der Waals surface area (Å²) < 4.78 is 11.9. The second-order valence-electron chi connectivity index (χ2n) is 12.2. The molecular weight excluding hydrogens is 572 g/mol. The summed E-state index contributed by atoms with van der Waals surface area (Å²) in [4.78, 5) is 0. The van der Waals surface area contributed by atoms with Crippen molar-refractivity contribution in [3.05, 3.63) is 130 Å². The zero-order chi connectivity index (χ0) is 32.1. The maximum atomic E-state index is 7.51. The Labute approximate surface area is 272 Å². The summed E-state index contributed by atoms with van der Waals surface area (Å²) in [6, 6.07) is 31.7. The highest BCUT2D eigenvalue weighted by Crippen LogP contribution is 2.28. The predicted octanol–water partition coefficient (Wildman–Crippen LogP) is 6.10.